The van der Waals surface area contributed by atoms with E-state index in [-0.39, 0.29) is 15.6 Å². The van der Waals surface area contributed by atoms with E-state index in [9.17, 15) is 8.78 Å². The first-order valence-corrected chi connectivity index (χ1v) is 8.33. The average Bonchev–Trinajstić information content (AvgIpc) is 2.99. The fourth-order valence-corrected chi connectivity index (χ4v) is 3.31. The molecule has 4 nitrogen and oxygen atoms in total. The zero-order chi connectivity index (χ0) is 18.4. The molecule has 26 heavy (non-hydrogen) atoms. The predicted molar refractivity (Wildman–Crippen MR) is 96.8 cm³/mol. The Morgan fingerprint density at radius 3 is 2.62 bits per heavy atom. The highest BCUT2D eigenvalue weighted by Gasteiger charge is 2.20. The number of hydrogen-bond acceptors (Lipinski definition) is 3. The Bertz CT molecular complexity index is 1160. The largest absolute Gasteiger partial charge is 0.236 e. The third-order valence-electron chi connectivity index (χ3n) is 4.00. The van der Waals surface area contributed by atoms with E-state index in [2.05, 4.69) is 15.3 Å². The van der Waals surface area contributed by atoms with E-state index in [1.165, 1.54) is 28.9 Å². The minimum absolute atomic E-state index is 0.145. The van der Waals surface area contributed by atoms with E-state index in [4.69, 9.17) is 23.2 Å². The van der Waals surface area contributed by atoms with Crippen molar-refractivity contribution in [3.8, 4) is 16.9 Å². The van der Waals surface area contributed by atoms with Crippen LogP contribution in [0.25, 0.3) is 28.0 Å². The van der Waals surface area contributed by atoms with Crippen LogP contribution in [0.1, 0.15) is 5.56 Å². The maximum Gasteiger partial charge on any atom is 0.164 e. The van der Waals surface area contributed by atoms with Crippen LogP contribution in [-0.2, 0) is 0 Å². The normalized spacial score (nSPS) is 11.3. The standard InChI is InChI=1S/C18H10Cl2F2N4/c1-9-4-5-23-18(16(9)12-3-2-11(21)8-13(12)20)26-17-14(22)6-10(19)7-15(17)24-25-26/h2-8H,1H3. The number of halogens is 4. The van der Waals surface area contributed by atoms with E-state index >= 15 is 0 Å². The zero-order valence-corrected chi connectivity index (χ0v) is 14.9. The van der Waals surface area contributed by atoms with Crippen LogP contribution < -0.4 is 0 Å². The number of aryl methyl sites for hydroxylation is 1. The summed E-state index contributed by atoms with van der Waals surface area (Å²) in [6.07, 6.45) is 1.58. The second-order valence-corrected chi connectivity index (χ2v) is 6.55. The van der Waals surface area contributed by atoms with Gasteiger partial charge in [-0.1, -0.05) is 28.4 Å². The first kappa shape index (κ1) is 16.9. The summed E-state index contributed by atoms with van der Waals surface area (Å²) >= 11 is 12.1. The van der Waals surface area contributed by atoms with Gasteiger partial charge in [0.15, 0.2) is 11.6 Å². The van der Waals surface area contributed by atoms with Crippen molar-refractivity contribution in [2.75, 3.05) is 0 Å². The summed E-state index contributed by atoms with van der Waals surface area (Å²) in [6.45, 7) is 1.85. The lowest BCUT2D eigenvalue weighted by Gasteiger charge is -2.13. The lowest BCUT2D eigenvalue weighted by molar-refractivity contribution is 0.628. The Morgan fingerprint density at radius 1 is 1.04 bits per heavy atom. The Balaban J connectivity index is 2.04. The van der Waals surface area contributed by atoms with Crippen molar-refractivity contribution in [1.29, 1.82) is 0 Å². The van der Waals surface area contributed by atoms with Crippen molar-refractivity contribution in [2.24, 2.45) is 0 Å². The molecule has 8 heteroatoms. The molecule has 2 aromatic carbocycles. The molecule has 0 atom stereocenters. The number of rotatable bonds is 2. The molecule has 4 rings (SSSR count). The summed E-state index contributed by atoms with van der Waals surface area (Å²) in [7, 11) is 0. The van der Waals surface area contributed by atoms with Gasteiger partial charge in [0.05, 0.1) is 5.02 Å². The lowest BCUT2D eigenvalue weighted by atomic mass is 10.0. The van der Waals surface area contributed by atoms with Gasteiger partial charge in [-0.15, -0.1) is 5.10 Å². The van der Waals surface area contributed by atoms with E-state index in [1.807, 2.05) is 6.92 Å². The minimum atomic E-state index is -0.572. The molecule has 0 radical (unpaired) electrons. The molecule has 0 amide bonds. The molecule has 0 fully saturated rings. The number of hydrogen-bond donors (Lipinski definition) is 0. The topological polar surface area (TPSA) is 43.6 Å². The molecule has 0 unspecified atom stereocenters. The van der Waals surface area contributed by atoms with Gasteiger partial charge in [-0.05, 0) is 48.9 Å². The van der Waals surface area contributed by atoms with Crippen LogP contribution in [0.15, 0.2) is 42.6 Å². The molecule has 0 bridgehead atoms. The van der Waals surface area contributed by atoms with Crippen LogP contribution in [0.5, 0.6) is 0 Å². The Hall–Kier alpha value is -2.57. The Kier molecular flexibility index (Phi) is 4.09. The number of pyridine rings is 1. The molecule has 0 aliphatic heterocycles. The molecule has 0 aliphatic carbocycles. The fraction of sp³-hybridized carbons (Fsp3) is 0.0556. The first-order valence-electron chi connectivity index (χ1n) is 7.57. The molecular weight excluding hydrogens is 381 g/mol. The van der Waals surface area contributed by atoms with Crippen molar-refractivity contribution in [1.82, 2.24) is 20.0 Å². The van der Waals surface area contributed by atoms with Crippen molar-refractivity contribution >= 4 is 34.2 Å². The first-order chi connectivity index (χ1) is 12.5. The second-order valence-electron chi connectivity index (χ2n) is 5.71. The highest BCUT2D eigenvalue weighted by molar-refractivity contribution is 6.33. The average molecular weight is 391 g/mol. The summed E-state index contributed by atoms with van der Waals surface area (Å²) in [5, 5.41) is 8.44. The van der Waals surface area contributed by atoms with Gasteiger partial charge in [0.25, 0.3) is 0 Å². The molecule has 2 aromatic heterocycles. The lowest BCUT2D eigenvalue weighted by Crippen LogP contribution is -2.05. The Morgan fingerprint density at radius 2 is 1.85 bits per heavy atom. The summed E-state index contributed by atoms with van der Waals surface area (Å²) in [6, 6.07) is 8.56. The molecule has 0 spiro atoms. The van der Waals surface area contributed by atoms with Gasteiger partial charge >= 0.3 is 0 Å². The van der Waals surface area contributed by atoms with E-state index in [0.29, 0.717) is 22.5 Å². The van der Waals surface area contributed by atoms with Crippen molar-refractivity contribution < 1.29 is 8.78 Å². The molecule has 0 N–H and O–H groups in total. The van der Waals surface area contributed by atoms with Crippen LogP contribution in [-0.4, -0.2) is 20.0 Å². The van der Waals surface area contributed by atoms with Gasteiger partial charge < -0.3 is 0 Å². The summed E-state index contributed by atoms with van der Waals surface area (Å²) in [5.74, 6) is -0.687. The van der Waals surface area contributed by atoms with Crippen LogP contribution in [0.2, 0.25) is 10.0 Å². The van der Waals surface area contributed by atoms with Gasteiger partial charge in [-0.3, -0.25) is 0 Å². The molecular formula is C18H10Cl2F2N4. The van der Waals surface area contributed by atoms with Gasteiger partial charge in [0.1, 0.15) is 16.9 Å². The maximum absolute atomic E-state index is 14.5. The number of fused-ring (bicyclic) bond motifs is 1. The molecule has 130 valence electrons. The molecule has 0 aliphatic rings. The number of nitrogens with zero attached hydrogens (tertiary/aromatic N) is 4. The predicted octanol–water partition coefficient (Wildman–Crippen LogP) is 5.38. The van der Waals surface area contributed by atoms with E-state index < -0.39 is 11.6 Å². The molecule has 0 saturated carbocycles. The third kappa shape index (κ3) is 2.71. The summed E-state index contributed by atoms with van der Waals surface area (Å²) < 4.78 is 29.2. The van der Waals surface area contributed by atoms with E-state index in [0.717, 1.165) is 5.56 Å². The zero-order valence-electron chi connectivity index (χ0n) is 13.3. The highest BCUT2D eigenvalue weighted by Crippen LogP contribution is 2.35. The minimum Gasteiger partial charge on any atom is -0.236 e. The SMILES string of the molecule is Cc1ccnc(-n2nnc3cc(Cl)cc(F)c32)c1-c1ccc(F)cc1Cl. The van der Waals surface area contributed by atoms with Crippen LogP contribution in [0, 0.1) is 18.6 Å². The number of aromatic nitrogens is 4. The summed E-state index contributed by atoms with van der Waals surface area (Å²) in [4.78, 5) is 4.34. The Labute approximate surface area is 157 Å². The summed E-state index contributed by atoms with van der Waals surface area (Å²) in [5.41, 5.74) is 2.44. The highest BCUT2D eigenvalue weighted by atomic mass is 35.5. The van der Waals surface area contributed by atoms with Gasteiger partial charge in [0, 0.05) is 22.3 Å². The monoisotopic (exact) mass is 390 g/mol. The number of benzene rings is 2. The van der Waals surface area contributed by atoms with Crippen molar-refractivity contribution in [3.05, 3.63) is 69.8 Å². The van der Waals surface area contributed by atoms with Crippen LogP contribution >= 0.6 is 23.2 Å². The van der Waals surface area contributed by atoms with Gasteiger partial charge in [0.2, 0.25) is 0 Å². The van der Waals surface area contributed by atoms with Gasteiger partial charge in [-0.2, -0.15) is 4.68 Å². The van der Waals surface area contributed by atoms with Crippen LogP contribution in [0.4, 0.5) is 8.78 Å². The maximum atomic E-state index is 14.5. The smallest absolute Gasteiger partial charge is 0.164 e. The van der Waals surface area contributed by atoms with Crippen molar-refractivity contribution in [2.45, 2.75) is 6.92 Å². The fourth-order valence-electron chi connectivity index (χ4n) is 2.85. The molecule has 4 aromatic rings. The quantitative estimate of drug-likeness (QED) is 0.461. The van der Waals surface area contributed by atoms with Gasteiger partial charge in [-0.25, -0.2) is 13.8 Å². The second kappa shape index (κ2) is 6.30. The third-order valence-corrected chi connectivity index (χ3v) is 4.53. The molecule has 2 heterocycles. The molecule has 0 saturated heterocycles. The van der Waals surface area contributed by atoms with Crippen LogP contribution in [0.3, 0.4) is 0 Å². The van der Waals surface area contributed by atoms with Crippen molar-refractivity contribution in [3.63, 3.8) is 0 Å². The van der Waals surface area contributed by atoms with E-state index in [1.54, 1.807) is 18.3 Å².